The summed E-state index contributed by atoms with van der Waals surface area (Å²) in [6.07, 6.45) is 2.67. The van der Waals surface area contributed by atoms with Gasteiger partial charge >= 0.3 is 0 Å². The zero-order valence-electron chi connectivity index (χ0n) is 10.4. The lowest BCUT2D eigenvalue weighted by atomic mass is 9.94. The molecule has 1 aromatic heterocycles. The Morgan fingerprint density at radius 1 is 1.17 bits per heavy atom. The summed E-state index contributed by atoms with van der Waals surface area (Å²) < 4.78 is 1.39. The van der Waals surface area contributed by atoms with Gasteiger partial charge in [0.2, 0.25) is 0 Å². The number of anilines is 1. The summed E-state index contributed by atoms with van der Waals surface area (Å²) >= 11 is 1.82. The standard InChI is InChI=1S/C15H18N2S/c1-2-15-11(5-8-18-15)9-13(1)16-14-4-7-17-6-3-12(14)10-17/h1-2,5,8-9,12,14,16H,3-4,6-7,10H2. The van der Waals surface area contributed by atoms with E-state index in [1.165, 1.54) is 48.2 Å². The molecule has 2 aliphatic heterocycles. The smallest absolute Gasteiger partial charge is 0.0349 e. The molecule has 3 unspecified atom stereocenters. The number of hydrogen-bond donors (Lipinski definition) is 1. The number of rotatable bonds is 2. The SMILES string of the molecule is c1cc2cc(NC3CCN4CCC3C4)ccc2s1. The van der Waals surface area contributed by atoms with E-state index in [1.807, 2.05) is 11.3 Å². The Bertz CT molecular complexity index is 562. The van der Waals surface area contributed by atoms with E-state index < -0.39 is 0 Å². The first kappa shape index (κ1) is 10.8. The van der Waals surface area contributed by atoms with Gasteiger partial charge in [0, 0.05) is 29.5 Å². The molecule has 0 saturated carbocycles. The molecule has 2 fully saturated rings. The van der Waals surface area contributed by atoms with E-state index in [4.69, 9.17) is 0 Å². The van der Waals surface area contributed by atoms with Crippen LogP contribution in [0.3, 0.4) is 0 Å². The predicted octanol–water partition coefficient (Wildman–Crippen LogP) is 3.41. The lowest BCUT2D eigenvalue weighted by molar-refractivity contribution is 0.255. The van der Waals surface area contributed by atoms with Crippen LogP contribution in [0.2, 0.25) is 0 Å². The van der Waals surface area contributed by atoms with Crippen LogP contribution in [-0.2, 0) is 0 Å². The average Bonchev–Trinajstić information content (AvgIpc) is 3.00. The first-order valence-corrected chi connectivity index (χ1v) is 7.72. The maximum Gasteiger partial charge on any atom is 0.0349 e. The maximum atomic E-state index is 3.77. The van der Waals surface area contributed by atoms with E-state index in [9.17, 15) is 0 Å². The molecule has 2 saturated heterocycles. The third-order valence-corrected chi connectivity index (χ3v) is 5.34. The van der Waals surface area contributed by atoms with Crippen LogP contribution in [0.5, 0.6) is 0 Å². The molecule has 3 atom stereocenters. The van der Waals surface area contributed by atoms with Crippen LogP contribution in [0.25, 0.3) is 10.1 Å². The molecule has 0 spiro atoms. The van der Waals surface area contributed by atoms with Crippen molar-refractivity contribution in [1.29, 1.82) is 0 Å². The van der Waals surface area contributed by atoms with Crippen molar-refractivity contribution >= 4 is 27.1 Å². The quantitative estimate of drug-likeness (QED) is 0.888. The fourth-order valence-corrected chi connectivity index (χ4v) is 4.18. The number of nitrogens with one attached hydrogen (secondary N) is 1. The monoisotopic (exact) mass is 258 g/mol. The zero-order chi connectivity index (χ0) is 11.9. The number of thiophene rings is 1. The highest BCUT2D eigenvalue weighted by Gasteiger charge is 2.33. The van der Waals surface area contributed by atoms with E-state index in [0.29, 0.717) is 6.04 Å². The molecule has 2 aromatic rings. The normalized spacial score (nSPS) is 30.8. The largest absolute Gasteiger partial charge is 0.382 e. The summed E-state index contributed by atoms with van der Waals surface area (Å²) in [7, 11) is 0. The van der Waals surface area contributed by atoms with Gasteiger partial charge in [-0.3, -0.25) is 0 Å². The minimum absolute atomic E-state index is 0.680. The summed E-state index contributed by atoms with van der Waals surface area (Å²) in [5.41, 5.74) is 1.30. The number of nitrogens with zero attached hydrogens (tertiary/aromatic N) is 1. The van der Waals surface area contributed by atoms with Crippen LogP contribution in [-0.4, -0.2) is 30.6 Å². The highest BCUT2D eigenvalue weighted by Crippen LogP contribution is 2.31. The molecule has 1 N–H and O–H groups in total. The van der Waals surface area contributed by atoms with Crippen LogP contribution < -0.4 is 5.32 Å². The average molecular weight is 258 g/mol. The van der Waals surface area contributed by atoms with Gasteiger partial charge in [0.1, 0.15) is 0 Å². The Labute approximate surface area is 112 Å². The van der Waals surface area contributed by atoms with Gasteiger partial charge < -0.3 is 10.2 Å². The fraction of sp³-hybridized carbons (Fsp3) is 0.467. The van der Waals surface area contributed by atoms with E-state index >= 15 is 0 Å². The molecule has 2 aliphatic rings. The third-order valence-electron chi connectivity index (χ3n) is 4.44. The van der Waals surface area contributed by atoms with Crippen molar-refractivity contribution in [3.05, 3.63) is 29.6 Å². The predicted molar refractivity (Wildman–Crippen MR) is 78.4 cm³/mol. The molecule has 0 amide bonds. The Balaban J connectivity index is 1.56. The molecule has 0 radical (unpaired) electrons. The van der Waals surface area contributed by atoms with Crippen LogP contribution in [0, 0.1) is 5.92 Å². The molecule has 2 bridgehead atoms. The number of piperidine rings is 1. The molecule has 3 heterocycles. The van der Waals surface area contributed by atoms with Gasteiger partial charge in [-0.2, -0.15) is 0 Å². The minimum Gasteiger partial charge on any atom is -0.382 e. The van der Waals surface area contributed by atoms with Crippen molar-refractivity contribution in [2.24, 2.45) is 5.92 Å². The van der Waals surface area contributed by atoms with Gasteiger partial charge in [-0.05, 0) is 60.3 Å². The van der Waals surface area contributed by atoms with Crippen LogP contribution in [0.15, 0.2) is 29.6 Å². The van der Waals surface area contributed by atoms with E-state index in [1.54, 1.807) is 0 Å². The van der Waals surface area contributed by atoms with Crippen molar-refractivity contribution in [3.63, 3.8) is 0 Å². The lowest BCUT2D eigenvalue weighted by Crippen LogP contribution is -2.39. The maximum absolute atomic E-state index is 3.77. The number of fused-ring (bicyclic) bond motifs is 3. The van der Waals surface area contributed by atoms with Crippen LogP contribution >= 0.6 is 11.3 Å². The second-order valence-corrected chi connectivity index (χ2v) is 6.51. The summed E-state index contributed by atoms with van der Waals surface area (Å²) in [5.74, 6) is 0.858. The number of hydrogen-bond acceptors (Lipinski definition) is 3. The fourth-order valence-electron chi connectivity index (χ4n) is 3.41. The zero-order valence-corrected chi connectivity index (χ0v) is 11.2. The van der Waals surface area contributed by atoms with E-state index in [0.717, 1.165) is 5.92 Å². The van der Waals surface area contributed by atoms with Gasteiger partial charge in [0.15, 0.2) is 0 Å². The first-order chi connectivity index (χ1) is 8.88. The lowest BCUT2D eigenvalue weighted by Gasteiger charge is -2.31. The highest BCUT2D eigenvalue weighted by molar-refractivity contribution is 7.17. The summed E-state index contributed by atoms with van der Waals surface area (Å²) in [5, 5.41) is 7.31. The number of benzene rings is 1. The van der Waals surface area contributed by atoms with Gasteiger partial charge in [-0.1, -0.05) is 0 Å². The second-order valence-electron chi connectivity index (χ2n) is 5.56. The van der Waals surface area contributed by atoms with Gasteiger partial charge in [0.05, 0.1) is 0 Å². The Morgan fingerprint density at radius 2 is 2.11 bits per heavy atom. The van der Waals surface area contributed by atoms with Crippen molar-refractivity contribution in [2.45, 2.75) is 18.9 Å². The summed E-state index contributed by atoms with van der Waals surface area (Å²) in [6, 6.07) is 9.67. The Hall–Kier alpha value is -1.06. The van der Waals surface area contributed by atoms with E-state index in [-0.39, 0.29) is 0 Å². The van der Waals surface area contributed by atoms with Gasteiger partial charge in [-0.25, -0.2) is 0 Å². The molecular formula is C15H18N2S. The molecular weight excluding hydrogens is 240 g/mol. The molecule has 1 aromatic carbocycles. The highest BCUT2D eigenvalue weighted by atomic mass is 32.1. The van der Waals surface area contributed by atoms with Gasteiger partial charge in [0.25, 0.3) is 0 Å². The molecule has 3 heteroatoms. The molecule has 94 valence electrons. The first-order valence-electron chi connectivity index (χ1n) is 6.85. The van der Waals surface area contributed by atoms with Gasteiger partial charge in [-0.15, -0.1) is 11.3 Å². The molecule has 2 nitrogen and oxygen atoms in total. The molecule has 18 heavy (non-hydrogen) atoms. The van der Waals surface area contributed by atoms with Crippen molar-refractivity contribution in [1.82, 2.24) is 4.90 Å². The second kappa shape index (κ2) is 4.25. The topological polar surface area (TPSA) is 15.3 Å². The van der Waals surface area contributed by atoms with Crippen molar-refractivity contribution < 1.29 is 0 Å². The Morgan fingerprint density at radius 3 is 3.11 bits per heavy atom. The minimum atomic E-state index is 0.680. The summed E-state index contributed by atoms with van der Waals surface area (Å²) in [4.78, 5) is 2.60. The summed E-state index contributed by atoms with van der Waals surface area (Å²) in [6.45, 7) is 3.89. The third kappa shape index (κ3) is 1.82. The van der Waals surface area contributed by atoms with Crippen molar-refractivity contribution in [2.75, 3.05) is 25.0 Å². The van der Waals surface area contributed by atoms with E-state index in [2.05, 4.69) is 39.9 Å². The van der Waals surface area contributed by atoms with Crippen LogP contribution in [0.1, 0.15) is 12.8 Å². The molecule has 0 aliphatic carbocycles. The van der Waals surface area contributed by atoms with Crippen molar-refractivity contribution in [3.8, 4) is 0 Å². The Kier molecular flexibility index (Phi) is 2.55. The molecule has 4 rings (SSSR count). The van der Waals surface area contributed by atoms with Crippen LogP contribution in [0.4, 0.5) is 5.69 Å².